The average Bonchev–Trinajstić information content (AvgIpc) is 2.12. The molecule has 0 amide bonds. The Balaban J connectivity index is 2.82. The Morgan fingerprint density at radius 2 is 1.93 bits per heavy atom. The second-order valence-corrected chi connectivity index (χ2v) is 5.02. The summed E-state index contributed by atoms with van der Waals surface area (Å²) in [6.45, 7) is 4.01. The zero-order valence-corrected chi connectivity index (χ0v) is 9.81. The molecule has 0 N–H and O–H groups in total. The van der Waals surface area contributed by atoms with Gasteiger partial charge in [-0.3, -0.25) is 0 Å². The number of halogens is 3. The lowest BCUT2D eigenvalue weighted by molar-refractivity contribution is 0.483. The third-order valence-electron chi connectivity index (χ3n) is 2.36. The Kier molecular flexibility index (Phi) is 4.05. The van der Waals surface area contributed by atoms with Crippen molar-refractivity contribution in [2.24, 2.45) is 5.92 Å². The molecular weight excluding hydrogens is 250 g/mol. The molecule has 0 radical (unpaired) electrons. The van der Waals surface area contributed by atoms with Gasteiger partial charge in [0.2, 0.25) is 0 Å². The summed E-state index contributed by atoms with van der Waals surface area (Å²) in [5.41, 5.74) is 0.448. The zero-order valence-electron chi connectivity index (χ0n) is 8.23. The molecule has 1 aromatic rings. The molecule has 0 heterocycles. The summed E-state index contributed by atoms with van der Waals surface area (Å²) in [6.07, 6.45) is 0.552. The quantitative estimate of drug-likeness (QED) is 0.725. The summed E-state index contributed by atoms with van der Waals surface area (Å²) in [4.78, 5) is 0.296. The normalized spacial score (nSPS) is 15.2. The average molecular weight is 263 g/mol. The maximum Gasteiger partial charge on any atom is 0.162 e. The summed E-state index contributed by atoms with van der Waals surface area (Å²) < 4.78 is 26.1. The first-order valence-corrected chi connectivity index (χ1v) is 5.51. The molecule has 0 bridgehead atoms. The van der Waals surface area contributed by atoms with Crippen LogP contribution in [0.15, 0.2) is 18.2 Å². The van der Waals surface area contributed by atoms with Gasteiger partial charge >= 0.3 is 0 Å². The van der Waals surface area contributed by atoms with Crippen molar-refractivity contribution in [3.8, 4) is 0 Å². The van der Waals surface area contributed by atoms with Crippen molar-refractivity contribution in [1.82, 2.24) is 0 Å². The first kappa shape index (κ1) is 11.6. The molecule has 0 fully saturated rings. The van der Waals surface area contributed by atoms with E-state index in [4.69, 9.17) is 0 Å². The van der Waals surface area contributed by atoms with Crippen LogP contribution < -0.4 is 0 Å². The van der Waals surface area contributed by atoms with Crippen LogP contribution in [0.5, 0.6) is 0 Å². The van der Waals surface area contributed by atoms with Crippen LogP contribution >= 0.6 is 15.9 Å². The standard InChI is InChI=1S/C11H13BrF2/c1-7(8(2)12)6-9-4-3-5-10(13)11(9)14/h3-5,7-8H,6H2,1-2H3. The number of alkyl halides is 1. The minimum atomic E-state index is -0.767. The molecule has 0 aromatic heterocycles. The van der Waals surface area contributed by atoms with Gasteiger partial charge in [0, 0.05) is 4.83 Å². The van der Waals surface area contributed by atoms with E-state index in [1.807, 2.05) is 13.8 Å². The first-order chi connectivity index (χ1) is 6.52. The van der Waals surface area contributed by atoms with Gasteiger partial charge in [0.1, 0.15) is 0 Å². The fourth-order valence-corrected chi connectivity index (χ4v) is 1.40. The van der Waals surface area contributed by atoms with Gasteiger partial charge in [-0.25, -0.2) is 8.78 Å². The van der Waals surface area contributed by atoms with Gasteiger partial charge in [-0.2, -0.15) is 0 Å². The van der Waals surface area contributed by atoms with Gasteiger partial charge in [0.15, 0.2) is 11.6 Å². The molecule has 14 heavy (non-hydrogen) atoms. The minimum absolute atomic E-state index is 0.284. The van der Waals surface area contributed by atoms with E-state index in [1.54, 1.807) is 12.1 Å². The molecule has 0 aliphatic rings. The van der Waals surface area contributed by atoms with Crippen molar-refractivity contribution in [3.05, 3.63) is 35.4 Å². The summed E-state index contributed by atoms with van der Waals surface area (Å²) in [5, 5.41) is 0. The summed E-state index contributed by atoms with van der Waals surface area (Å²) in [7, 11) is 0. The van der Waals surface area contributed by atoms with Crippen LogP contribution in [0.3, 0.4) is 0 Å². The van der Waals surface area contributed by atoms with Gasteiger partial charge in [0.05, 0.1) is 0 Å². The fraction of sp³-hybridized carbons (Fsp3) is 0.455. The van der Waals surface area contributed by atoms with Crippen LogP contribution in [0.4, 0.5) is 8.78 Å². The summed E-state index contributed by atoms with van der Waals surface area (Å²) in [5.74, 6) is -1.20. The molecule has 2 unspecified atom stereocenters. The summed E-state index contributed by atoms with van der Waals surface area (Å²) >= 11 is 3.42. The topological polar surface area (TPSA) is 0 Å². The molecule has 0 spiro atoms. The molecular formula is C11H13BrF2. The van der Waals surface area contributed by atoms with Crippen LogP contribution in [0.1, 0.15) is 19.4 Å². The highest BCUT2D eigenvalue weighted by Crippen LogP contribution is 2.20. The Morgan fingerprint density at radius 1 is 1.29 bits per heavy atom. The molecule has 2 atom stereocenters. The van der Waals surface area contributed by atoms with Crippen LogP contribution in [-0.4, -0.2) is 4.83 Å². The van der Waals surface area contributed by atoms with Crippen molar-refractivity contribution in [2.75, 3.05) is 0 Å². The van der Waals surface area contributed by atoms with E-state index in [0.29, 0.717) is 16.8 Å². The second-order valence-electron chi connectivity index (χ2n) is 3.57. The van der Waals surface area contributed by atoms with E-state index in [1.165, 1.54) is 0 Å². The highest BCUT2D eigenvalue weighted by molar-refractivity contribution is 9.09. The highest BCUT2D eigenvalue weighted by atomic mass is 79.9. The lowest BCUT2D eigenvalue weighted by Gasteiger charge is -2.14. The van der Waals surface area contributed by atoms with Crippen molar-refractivity contribution in [2.45, 2.75) is 25.1 Å². The Labute approximate surface area is 91.5 Å². The number of benzene rings is 1. The lowest BCUT2D eigenvalue weighted by atomic mass is 9.98. The monoisotopic (exact) mass is 262 g/mol. The molecule has 78 valence electrons. The smallest absolute Gasteiger partial charge is 0.162 e. The van der Waals surface area contributed by atoms with E-state index in [-0.39, 0.29) is 5.92 Å². The van der Waals surface area contributed by atoms with E-state index >= 15 is 0 Å². The van der Waals surface area contributed by atoms with Gasteiger partial charge < -0.3 is 0 Å². The SMILES string of the molecule is CC(Br)C(C)Cc1cccc(F)c1F. The van der Waals surface area contributed by atoms with Gasteiger partial charge in [-0.05, 0) is 24.0 Å². The third kappa shape index (κ3) is 2.77. The van der Waals surface area contributed by atoms with E-state index in [0.717, 1.165) is 6.07 Å². The molecule has 3 heteroatoms. The Hall–Kier alpha value is -0.440. The molecule has 0 aliphatic heterocycles. The molecule has 1 rings (SSSR count). The van der Waals surface area contributed by atoms with E-state index in [2.05, 4.69) is 15.9 Å². The third-order valence-corrected chi connectivity index (χ3v) is 3.26. The molecule has 0 aliphatic carbocycles. The highest BCUT2D eigenvalue weighted by Gasteiger charge is 2.14. The predicted molar refractivity (Wildman–Crippen MR) is 57.6 cm³/mol. The molecule has 1 aromatic carbocycles. The van der Waals surface area contributed by atoms with Crippen molar-refractivity contribution >= 4 is 15.9 Å². The maximum absolute atomic E-state index is 13.2. The van der Waals surface area contributed by atoms with Crippen molar-refractivity contribution in [3.63, 3.8) is 0 Å². The van der Waals surface area contributed by atoms with Gasteiger partial charge in [0.25, 0.3) is 0 Å². The number of rotatable bonds is 3. The van der Waals surface area contributed by atoms with Crippen LogP contribution in [0.2, 0.25) is 0 Å². The Morgan fingerprint density at radius 3 is 2.50 bits per heavy atom. The van der Waals surface area contributed by atoms with E-state index < -0.39 is 11.6 Å². The molecule has 0 saturated carbocycles. The van der Waals surface area contributed by atoms with Crippen LogP contribution in [-0.2, 0) is 6.42 Å². The van der Waals surface area contributed by atoms with Crippen LogP contribution in [0, 0.1) is 17.6 Å². The van der Waals surface area contributed by atoms with Gasteiger partial charge in [-0.1, -0.05) is 41.9 Å². The Bertz CT molecular complexity index is 310. The van der Waals surface area contributed by atoms with E-state index in [9.17, 15) is 8.78 Å². The van der Waals surface area contributed by atoms with Crippen LogP contribution in [0.25, 0.3) is 0 Å². The maximum atomic E-state index is 13.2. The first-order valence-electron chi connectivity index (χ1n) is 4.59. The predicted octanol–water partition coefficient (Wildman–Crippen LogP) is 3.93. The molecule has 0 nitrogen and oxygen atoms in total. The molecule has 0 saturated heterocycles. The lowest BCUT2D eigenvalue weighted by Crippen LogP contribution is -2.11. The van der Waals surface area contributed by atoms with Crippen molar-refractivity contribution < 1.29 is 8.78 Å². The van der Waals surface area contributed by atoms with Crippen molar-refractivity contribution in [1.29, 1.82) is 0 Å². The second kappa shape index (κ2) is 4.87. The zero-order chi connectivity index (χ0) is 10.7. The number of hydrogen-bond donors (Lipinski definition) is 0. The summed E-state index contributed by atoms with van der Waals surface area (Å²) in [6, 6.07) is 4.31. The largest absolute Gasteiger partial charge is 0.204 e. The van der Waals surface area contributed by atoms with Gasteiger partial charge in [-0.15, -0.1) is 0 Å². The fourth-order valence-electron chi connectivity index (χ4n) is 1.22. The number of hydrogen-bond acceptors (Lipinski definition) is 0. The minimum Gasteiger partial charge on any atom is -0.204 e.